The van der Waals surface area contributed by atoms with Crippen LogP contribution in [0, 0.1) is 0 Å². The van der Waals surface area contributed by atoms with Crippen LogP contribution in [0.25, 0.3) is 6.08 Å². The van der Waals surface area contributed by atoms with Crippen LogP contribution in [-0.2, 0) is 16.4 Å². The van der Waals surface area contributed by atoms with Gasteiger partial charge in [0.25, 0.3) is 0 Å². The number of fused-ring (bicyclic) bond motifs is 3. The van der Waals surface area contributed by atoms with Crippen LogP contribution in [0.1, 0.15) is 28.0 Å². The van der Waals surface area contributed by atoms with Crippen molar-refractivity contribution in [3.8, 4) is 11.5 Å². The zero-order valence-electron chi connectivity index (χ0n) is 15.0. The molecule has 4 heterocycles. The minimum absolute atomic E-state index is 0.0744. The molecule has 1 saturated heterocycles. The summed E-state index contributed by atoms with van der Waals surface area (Å²) in [5.41, 5.74) is 1.91. The van der Waals surface area contributed by atoms with E-state index in [2.05, 4.69) is 4.98 Å². The molecule has 0 saturated carbocycles. The molecule has 0 aliphatic carbocycles. The molecule has 28 heavy (non-hydrogen) atoms. The van der Waals surface area contributed by atoms with Crippen molar-refractivity contribution in [1.82, 2.24) is 9.88 Å². The number of aromatic nitrogens is 1. The Morgan fingerprint density at radius 3 is 2.86 bits per heavy atom. The molecule has 1 aromatic carbocycles. The summed E-state index contributed by atoms with van der Waals surface area (Å²) in [5, 5.41) is 0. The van der Waals surface area contributed by atoms with Crippen molar-refractivity contribution in [3.63, 3.8) is 0 Å². The molecule has 5 rings (SSSR count). The molecule has 1 unspecified atom stereocenters. The molecule has 3 aliphatic heterocycles. The quantitative estimate of drug-likeness (QED) is 0.716. The summed E-state index contributed by atoms with van der Waals surface area (Å²) in [6, 6.07) is 8.87. The average Bonchev–Trinajstić information content (AvgIpc) is 3.22. The summed E-state index contributed by atoms with van der Waals surface area (Å²) in [6.07, 6.45) is 3.88. The van der Waals surface area contributed by atoms with Gasteiger partial charge in [-0.25, -0.2) is 8.42 Å². The number of carbonyl (C=O) groups excluding carboxylic acids is 1. The number of rotatable bonds is 2. The Bertz CT molecular complexity index is 1100. The number of benzene rings is 1. The second-order valence-corrected chi connectivity index (χ2v) is 9.42. The Hall–Kier alpha value is -2.71. The van der Waals surface area contributed by atoms with E-state index in [9.17, 15) is 13.2 Å². The van der Waals surface area contributed by atoms with Gasteiger partial charge >= 0.3 is 0 Å². The minimum atomic E-state index is -2.98. The molecule has 8 heteroatoms. The molecule has 3 aliphatic rings. The van der Waals surface area contributed by atoms with Crippen molar-refractivity contribution in [2.24, 2.45) is 0 Å². The summed E-state index contributed by atoms with van der Waals surface area (Å²) in [7, 11) is -2.98. The molecule has 0 spiro atoms. The SMILES string of the molecule is O=C1/C(=C\c2ccccn2)Oc2c1ccc1c2CN(C2CCS(=O)(=O)C2)CO1. The smallest absolute Gasteiger partial charge is 0.232 e. The predicted octanol–water partition coefficient (Wildman–Crippen LogP) is 2.04. The number of hydrogen-bond donors (Lipinski definition) is 0. The fraction of sp³-hybridized carbons (Fsp3) is 0.300. The van der Waals surface area contributed by atoms with Gasteiger partial charge < -0.3 is 9.47 Å². The van der Waals surface area contributed by atoms with Crippen molar-refractivity contribution < 1.29 is 22.7 Å². The second kappa shape index (κ2) is 6.42. The van der Waals surface area contributed by atoms with Gasteiger partial charge in [-0.05, 0) is 30.7 Å². The monoisotopic (exact) mass is 398 g/mol. The maximum Gasteiger partial charge on any atom is 0.232 e. The second-order valence-electron chi connectivity index (χ2n) is 7.19. The summed E-state index contributed by atoms with van der Waals surface area (Å²) in [6.45, 7) is 0.819. The van der Waals surface area contributed by atoms with Crippen LogP contribution in [0.2, 0.25) is 0 Å². The molecule has 0 amide bonds. The Kier molecular flexibility index (Phi) is 3.99. The molecule has 1 fully saturated rings. The Balaban J connectivity index is 1.46. The third-order valence-electron chi connectivity index (χ3n) is 5.34. The first-order valence-electron chi connectivity index (χ1n) is 9.09. The van der Waals surface area contributed by atoms with Gasteiger partial charge in [0, 0.05) is 24.9 Å². The van der Waals surface area contributed by atoms with Gasteiger partial charge in [-0.2, -0.15) is 0 Å². The standard InChI is InChI=1S/C20H18N2O5S/c23-19-15-4-5-17-16(10-22(12-26-17)14-6-8-28(24,25)11-14)20(15)27-18(19)9-13-3-1-2-7-21-13/h1-5,7,9,14H,6,8,10-12H2/b18-9+. The van der Waals surface area contributed by atoms with Crippen LogP contribution in [0.3, 0.4) is 0 Å². The summed E-state index contributed by atoms with van der Waals surface area (Å²) >= 11 is 0. The Labute approximate surface area is 162 Å². The maximum absolute atomic E-state index is 12.8. The van der Waals surface area contributed by atoms with Gasteiger partial charge in [-0.3, -0.25) is 14.7 Å². The van der Waals surface area contributed by atoms with E-state index in [0.717, 1.165) is 5.56 Å². The first-order chi connectivity index (χ1) is 13.5. The van der Waals surface area contributed by atoms with Gasteiger partial charge in [-0.15, -0.1) is 0 Å². The van der Waals surface area contributed by atoms with E-state index >= 15 is 0 Å². The topological polar surface area (TPSA) is 85.8 Å². The van der Waals surface area contributed by atoms with Gasteiger partial charge in [0.2, 0.25) is 5.78 Å². The number of allylic oxidation sites excluding steroid dienone is 1. The highest BCUT2D eigenvalue weighted by molar-refractivity contribution is 7.91. The molecular weight excluding hydrogens is 380 g/mol. The van der Waals surface area contributed by atoms with Gasteiger partial charge in [0.05, 0.1) is 28.3 Å². The summed E-state index contributed by atoms with van der Waals surface area (Å²) < 4.78 is 35.4. The summed E-state index contributed by atoms with van der Waals surface area (Å²) in [5.74, 6) is 1.55. The molecule has 144 valence electrons. The molecule has 1 aromatic heterocycles. The van der Waals surface area contributed by atoms with Crippen molar-refractivity contribution in [3.05, 3.63) is 59.1 Å². The van der Waals surface area contributed by atoms with E-state index in [1.54, 1.807) is 36.5 Å². The van der Waals surface area contributed by atoms with Crippen LogP contribution in [0.5, 0.6) is 11.5 Å². The molecule has 1 atom stereocenters. The molecule has 0 N–H and O–H groups in total. The molecule has 0 bridgehead atoms. The lowest BCUT2D eigenvalue weighted by Gasteiger charge is -2.33. The number of nitrogens with zero attached hydrogens (tertiary/aromatic N) is 2. The lowest BCUT2D eigenvalue weighted by atomic mass is 10.0. The fourth-order valence-electron chi connectivity index (χ4n) is 3.87. The number of sulfone groups is 1. The minimum Gasteiger partial charge on any atom is -0.478 e. The highest BCUT2D eigenvalue weighted by Crippen LogP contribution is 2.42. The van der Waals surface area contributed by atoms with E-state index in [1.807, 2.05) is 11.0 Å². The number of carbonyl (C=O) groups is 1. The first-order valence-corrected chi connectivity index (χ1v) is 10.9. The van der Waals surface area contributed by atoms with E-state index in [4.69, 9.17) is 9.47 Å². The number of hydrogen-bond acceptors (Lipinski definition) is 7. The molecule has 7 nitrogen and oxygen atoms in total. The molecule has 0 radical (unpaired) electrons. The van der Waals surface area contributed by atoms with Gasteiger partial charge in [0.15, 0.2) is 15.6 Å². The lowest BCUT2D eigenvalue weighted by molar-refractivity contribution is 0.0634. The van der Waals surface area contributed by atoms with Crippen LogP contribution in [-0.4, -0.2) is 48.4 Å². The number of Topliss-reactive ketones (excluding diaryl/α,β-unsaturated/α-hetero) is 1. The fourth-order valence-corrected chi connectivity index (χ4v) is 5.63. The van der Waals surface area contributed by atoms with Crippen LogP contribution in [0.15, 0.2) is 42.3 Å². The van der Waals surface area contributed by atoms with Crippen molar-refractivity contribution in [2.45, 2.75) is 19.0 Å². The lowest BCUT2D eigenvalue weighted by Crippen LogP contribution is -2.41. The van der Waals surface area contributed by atoms with Crippen LogP contribution < -0.4 is 9.47 Å². The first kappa shape index (κ1) is 17.4. The molecular formula is C20H18N2O5S. The van der Waals surface area contributed by atoms with E-state index < -0.39 is 9.84 Å². The normalized spacial score (nSPS) is 24.5. The van der Waals surface area contributed by atoms with Gasteiger partial charge in [0.1, 0.15) is 18.2 Å². The zero-order chi connectivity index (χ0) is 19.3. The third kappa shape index (κ3) is 2.98. The van der Waals surface area contributed by atoms with E-state index in [0.29, 0.717) is 42.5 Å². The van der Waals surface area contributed by atoms with E-state index in [-0.39, 0.29) is 29.1 Å². The predicted molar refractivity (Wildman–Crippen MR) is 102 cm³/mol. The average molecular weight is 398 g/mol. The van der Waals surface area contributed by atoms with Crippen molar-refractivity contribution in [2.75, 3.05) is 18.2 Å². The van der Waals surface area contributed by atoms with Crippen LogP contribution >= 0.6 is 0 Å². The largest absolute Gasteiger partial charge is 0.478 e. The van der Waals surface area contributed by atoms with Crippen molar-refractivity contribution in [1.29, 1.82) is 0 Å². The molecule has 2 aromatic rings. The number of ether oxygens (including phenoxy) is 2. The van der Waals surface area contributed by atoms with Gasteiger partial charge in [-0.1, -0.05) is 6.07 Å². The Morgan fingerprint density at radius 1 is 1.21 bits per heavy atom. The zero-order valence-corrected chi connectivity index (χ0v) is 15.8. The summed E-state index contributed by atoms with van der Waals surface area (Å²) in [4.78, 5) is 19.0. The maximum atomic E-state index is 12.8. The Morgan fingerprint density at radius 2 is 2.11 bits per heavy atom. The number of ketones is 1. The third-order valence-corrected chi connectivity index (χ3v) is 7.09. The number of pyridine rings is 1. The van der Waals surface area contributed by atoms with Crippen LogP contribution in [0.4, 0.5) is 0 Å². The highest BCUT2D eigenvalue weighted by Gasteiger charge is 2.38. The van der Waals surface area contributed by atoms with E-state index in [1.165, 1.54) is 0 Å². The highest BCUT2D eigenvalue weighted by atomic mass is 32.2. The van der Waals surface area contributed by atoms with Crippen molar-refractivity contribution >= 4 is 21.7 Å².